The van der Waals surface area contributed by atoms with E-state index in [1.165, 1.54) is 0 Å². The molecule has 4 aromatic carbocycles. The largest absolute Gasteiger partial charge is 0.494 e. The number of fused-ring (bicyclic) bond motifs is 6. The molecule has 58 heavy (non-hydrogen) atoms. The van der Waals surface area contributed by atoms with Gasteiger partial charge in [-0.1, -0.05) is 74.5 Å². The maximum absolute atomic E-state index is 6.25. The molecule has 0 spiro atoms. The highest BCUT2D eigenvalue weighted by atomic mass is 79.9. The minimum absolute atomic E-state index is 0.360. The van der Waals surface area contributed by atoms with E-state index < -0.39 is 21.1 Å². The summed E-state index contributed by atoms with van der Waals surface area (Å²) in [5.74, 6) is 0. The van der Waals surface area contributed by atoms with Crippen LogP contribution < -0.4 is 5.46 Å². The van der Waals surface area contributed by atoms with Crippen molar-refractivity contribution in [3.05, 3.63) is 85.2 Å². The summed E-state index contributed by atoms with van der Waals surface area (Å²) in [6.07, 6.45) is 0. The standard InChI is InChI=1S/C18H17BCl2O3.C12H24B2O4.C12H5BrCl2O/c1-17(2)18(3,4)24-19(23-17)10-5-6-12-13-8-11(20)9-14(21)16(13)22-15(12)7-10;1-9(2)10(3,4)16-13(15-9)14-17-11(5,6)12(7,8)18-14;13-6-1-2-8-9-4-7(14)5-10(15)12(9)16-11(8)3-6/h5-9H,1-4H3;1-8H3;1-5H. The van der Waals surface area contributed by atoms with Crippen LogP contribution in [0.4, 0.5) is 0 Å². The Morgan fingerprint density at radius 1 is 0.431 bits per heavy atom. The lowest BCUT2D eigenvalue weighted by Gasteiger charge is -2.32. The smallest absolute Gasteiger partial charge is 0.455 e. The van der Waals surface area contributed by atoms with Crippen LogP contribution in [-0.2, 0) is 27.9 Å². The number of hydrogen-bond donors (Lipinski definition) is 0. The summed E-state index contributed by atoms with van der Waals surface area (Å²) in [7, 11) is -1.38. The second-order valence-electron chi connectivity index (χ2n) is 18.0. The topological polar surface area (TPSA) is 81.7 Å². The molecule has 3 saturated heterocycles. The lowest BCUT2D eigenvalue weighted by atomic mass is 9.49. The van der Waals surface area contributed by atoms with Crippen molar-refractivity contribution in [1.29, 1.82) is 0 Å². The molecule has 3 fully saturated rings. The van der Waals surface area contributed by atoms with E-state index in [2.05, 4.69) is 15.9 Å². The van der Waals surface area contributed by atoms with Crippen LogP contribution in [0.5, 0.6) is 0 Å². The van der Waals surface area contributed by atoms with Crippen molar-refractivity contribution in [1.82, 2.24) is 0 Å². The molecule has 8 nitrogen and oxygen atoms in total. The molecule has 3 aliphatic heterocycles. The van der Waals surface area contributed by atoms with Gasteiger partial charge in [0.05, 0.1) is 43.7 Å². The maximum atomic E-state index is 6.25. The van der Waals surface area contributed by atoms with E-state index in [9.17, 15) is 0 Å². The molecule has 9 rings (SSSR count). The number of halogens is 5. The summed E-state index contributed by atoms with van der Waals surface area (Å²) in [4.78, 5) is 0. The summed E-state index contributed by atoms with van der Waals surface area (Å²) >= 11 is 27.8. The zero-order valence-corrected chi connectivity index (χ0v) is 39.3. The second kappa shape index (κ2) is 15.2. The highest BCUT2D eigenvalue weighted by molar-refractivity contribution is 9.10. The predicted octanol–water partition coefficient (Wildman–Crippen LogP) is 13.1. The fourth-order valence-electron chi connectivity index (χ4n) is 6.72. The number of furan rings is 2. The first-order valence-electron chi connectivity index (χ1n) is 19.1. The fraction of sp³-hybridized carbons (Fsp3) is 0.429. The molecule has 2 aromatic heterocycles. The molecule has 6 aromatic rings. The van der Waals surface area contributed by atoms with Gasteiger partial charge >= 0.3 is 21.1 Å². The Bertz CT molecular complexity index is 2470. The molecule has 5 heterocycles. The van der Waals surface area contributed by atoms with Crippen LogP contribution in [0.2, 0.25) is 20.1 Å². The van der Waals surface area contributed by atoms with Crippen molar-refractivity contribution in [2.45, 2.75) is 117 Å². The van der Waals surface area contributed by atoms with Crippen LogP contribution in [0.1, 0.15) is 83.1 Å². The van der Waals surface area contributed by atoms with Crippen molar-refractivity contribution in [2.24, 2.45) is 0 Å². The molecule has 0 amide bonds. The minimum atomic E-state index is -0.476. The Morgan fingerprint density at radius 3 is 1.21 bits per heavy atom. The van der Waals surface area contributed by atoms with Crippen LogP contribution in [0, 0.1) is 0 Å². The molecule has 0 bridgehead atoms. The van der Waals surface area contributed by atoms with E-state index in [0.717, 1.165) is 42.6 Å². The summed E-state index contributed by atoms with van der Waals surface area (Å²) in [6.45, 7) is 24.4. The van der Waals surface area contributed by atoms with Gasteiger partial charge in [-0.05, 0) is 137 Å². The van der Waals surface area contributed by atoms with Crippen LogP contribution in [0.3, 0.4) is 0 Å². The zero-order valence-electron chi connectivity index (χ0n) is 34.7. The van der Waals surface area contributed by atoms with Crippen molar-refractivity contribution < 1.29 is 36.8 Å². The van der Waals surface area contributed by atoms with Crippen molar-refractivity contribution >= 4 is 133 Å². The molecule has 0 saturated carbocycles. The van der Waals surface area contributed by atoms with E-state index in [1.807, 2.05) is 132 Å². The minimum Gasteiger partial charge on any atom is -0.455 e. The van der Waals surface area contributed by atoms with E-state index in [1.54, 1.807) is 12.1 Å². The first-order valence-corrected chi connectivity index (χ1v) is 21.4. The monoisotopic (exact) mass is 930 g/mol. The van der Waals surface area contributed by atoms with Gasteiger partial charge < -0.3 is 36.8 Å². The Hall–Kier alpha value is -1.93. The fourth-order valence-corrected chi connectivity index (χ4v) is 8.13. The third-order valence-corrected chi connectivity index (χ3v) is 13.8. The van der Waals surface area contributed by atoms with Crippen LogP contribution in [0.25, 0.3) is 43.9 Å². The third kappa shape index (κ3) is 8.11. The summed E-state index contributed by atoms with van der Waals surface area (Å²) in [6, 6.07) is 18.9. The van der Waals surface area contributed by atoms with E-state index in [0.29, 0.717) is 31.3 Å². The van der Waals surface area contributed by atoms with Crippen molar-refractivity contribution in [3.8, 4) is 0 Å². The summed E-state index contributed by atoms with van der Waals surface area (Å²) in [5, 5.41) is 6.08. The van der Waals surface area contributed by atoms with Gasteiger partial charge in [0, 0.05) is 36.1 Å². The molecule has 0 unspecified atom stereocenters. The lowest BCUT2D eigenvalue weighted by Crippen LogP contribution is -2.41. The van der Waals surface area contributed by atoms with Crippen LogP contribution in [0.15, 0.2) is 74.0 Å². The second-order valence-corrected chi connectivity index (χ2v) is 20.6. The predicted molar refractivity (Wildman–Crippen MR) is 243 cm³/mol. The van der Waals surface area contributed by atoms with Gasteiger partial charge in [-0.15, -0.1) is 0 Å². The normalized spacial score (nSPS) is 21.2. The molecule has 16 heteroatoms. The van der Waals surface area contributed by atoms with Gasteiger partial charge in [-0.25, -0.2) is 0 Å². The van der Waals surface area contributed by atoms with Crippen LogP contribution >= 0.6 is 62.3 Å². The molecule has 0 aliphatic carbocycles. The average Bonchev–Trinajstić information content (AvgIpc) is 3.82. The van der Waals surface area contributed by atoms with E-state index >= 15 is 0 Å². The first-order chi connectivity index (χ1) is 26.7. The van der Waals surface area contributed by atoms with Gasteiger partial charge in [0.15, 0.2) is 11.2 Å². The quantitative estimate of drug-likeness (QED) is 0.159. The molecule has 0 N–H and O–H groups in total. The van der Waals surface area contributed by atoms with Gasteiger partial charge in [0.1, 0.15) is 11.2 Å². The van der Waals surface area contributed by atoms with Crippen molar-refractivity contribution in [2.75, 3.05) is 0 Å². The highest BCUT2D eigenvalue weighted by Gasteiger charge is 2.63. The maximum Gasteiger partial charge on any atom is 0.494 e. The summed E-state index contributed by atoms with van der Waals surface area (Å²) in [5.41, 5.74) is 1.58. The van der Waals surface area contributed by atoms with Gasteiger partial charge in [-0.3, -0.25) is 0 Å². The lowest BCUT2D eigenvalue weighted by molar-refractivity contribution is 0.00578. The zero-order chi connectivity index (χ0) is 42.5. The number of hydrogen-bond acceptors (Lipinski definition) is 8. The summed E-state index contributed by atoms with van der Waals surface area (Å²) < 4.78 is 48.7. The van der Waals surface area contributed by atoms with Gasteiger partial charge in [-0.2, -0.15) is 0 Å². The molecule has 306 valence electrons. The Labute approximate surface area is 369 Å². The third-order valence-electron chi connectivity index (χ3n) is 12.3. The van der Waals surface area contributed by atoms with E-state index in [-0.39, 0.29) is 33.6 Å². The van der Waals surface area contributed by atoms with Crippen LogP contribution in [-0.4, -0.2) is 54.7 Å². The van der Waals surface area contributed by atoms with E-state index in [4.69, 9.17) is 83.2 Å². The SMILES string of the molecule is CC1(C)OB(B2OC(C)(C)C(C)(C)O2)OC1(C)C.CC1(C)OB(c2ccc3c(c2)oc2c(Cl)cc(Cl)cc23)OC1(C)C.Clc1cc(Cl)c2oc3cc(Br)ccc3c2c1. The molecule has 0 atom stereocenters. The molecular weight excluding hydrogens is 887 g/mol. The number of rotatable bonds is 2. The highest BCUT2D eigenvalue weighted by Crippen LogP contribution is 2.44. The van der Waals surface area contributed by atoms with Gasteiger partial charge in [0.2, 0.25) is 0 Å². The van der Waals surface area contributed by atoms with Crippen molar-refractivity contribution in [3.63, 3.8) is 0 Å². The average molecular weight is 933 g/mol. The Balaban J connectivity index is 0.000000136. The number of benzene rings is 4. The molecule has 3 aliphatic rings. The Morgan fingerprint density at radius 2 is 0.793 bits per heavy atom. The van der Waals surface area contributed by atoms with Gasteiger partial charge in [0.25, 0.3) is 0 Å². The Kier molecular flexibility index (Phi) is 11.5. The first kappa shape index (κ1) is 44.1. The molecular formula is C42H46B3BrCl4O8. The molecule has 0 radical (unpaired) electrons.